The van der Waals surface area contributed by atoms with Gasteiger partial charge in [0, 0.05) is 38.7 Å². The number of hydrogen-bond acceptors (Lipinski definition) is 3. The smallest absolute Gasteiger partial charge is 0.193 e. The molecule has 1 aromatic carbocycles. The molecule has 2 atom stereocenters. The second-order valence-electron chi connectivity index (χ2n) is 7.44. The molecule has 2 aliphatic heterocycles. The monoisotopic (exact) mass is 476 g/mol. The summed E-state index contributed by atoms with van der Waals surface area (Å²) in [6.07, 6.45) is 2.30. The van der Waals surface area contributed by atoms with Crippen LogP contribution in [-0.2, 0) is 4.74 Å². The fraction of sp³-hybridized carbons (Fsp3) is 0.632. The topological polar surface area (TPSA) is 40.1 Å². The molecule has 0 amide bonds. The molecule has 2 saturated heterocycles. The quantitative estimate of drug-likeness (QED) is 0.412. The van der Waals surface area contributed by atoms with E-state index >= 15 is 0 Å². The molecule has 1 spiro atoms. The Morgan fingerprint density at radius 3 is 2.85 bits per heavy atom. The molecule has 0 aliphatic carbocycles. The van der Waals surface area contributed by atoms with Gasteiger partial charge in [-0.2, -0.15) is 0 Å². The SMILES string of the molecule is CN=C(NCC(c1cccc(F)c1)N(C)C)N1CCC2(CCOC2)C1.I. The zero-order valence-electron chi connectivity index (χ0n) is 15.9. The molecule has 7 heteroatoms. The largest absolute Gasteiger partial charge is 0.381 e. The van der Waals surface area contributed by atoms with Crippen molar-refractivity contribution >= 4 is 29.9 Å². The lowest BCUT2D eigenvalue weighted by Gasteiger charge is -2.29. The Bertz CT molecular complexity index is 619. The van der Waals surface area contributed by atoms with Crippen LogP contribution in [0.4, 0.5) is 4.39 Å². The minimum absolute atomic E-state index is 0. The van der Waals surface area contributed by atoms with E-state index in [0.29, 0.717) is 12.0 Å². The molecule has 0 aromatic heterocycles. The number of aliphatic imine (C=N–C) groups is 1. The van der Waals surface area contributed by atoms with E-state index in [1.807, 2.05) is 27.2 Å². The van der Waals surface area contributed by atoms with Crippen molar-refractivity contribution in [2.75, 3.05) is 54.0 Å². The van der Waals surface area contributed by atoms with Crippen LogP contribution >= 0.6 is 24.0 Å². The molecule has 0 saturated carbocycles. The zero-order valence-corrected chi connectivity index (χ0v) is 18.2. The molecule has 1 aromatic rings. The predicted molar refractivity (Wildman–Crippen MR) is 114 cm³/mol. The van der Waals surface area contributed by atoms with Gasteiger partial charge in [-0.25, -0.2) is 4.39 Å². The summed E-state index contributed by atoms with van der Waals surface area (Å²) >= 11 is 0. The highest BCUT2D eigenvalue weighted by Crippen LogP contribution is 2.38. The van der Waals surface area contributed by atoms with Crippen molar-refractivity contribution in [3.63, 3.8) is 0 Å². The molecule has 2 heterocycles. The second-order valence-corrected chi connectivity index (χ2v) is 7.44. The summed E-state index contributed by atoms with van der Waals surface area (Å²) in [6.45, 7) is 4.43. The number of likely N-dealkylation sites (tertiary alicyclic amines) is 1. The van der Waals surface area contributed by atoms with Crippen LogP contribution in [0.15, 0.2) is 29.3 Å². The van der Waals surface area contributed by atoms with Gasteiger partial charge in [0.2, 0.25) is 0 Å². The molecule has 1 N–H and O–H groups in total. The van der Waals surface area contributed by atoms with Gasteiger partial charge in [-0.05, 0) is 44.6 Å². The van der Waals surface area contributed by atoms with Gasteiger partial charge in [-0.1, -0.05) is 12.1 Å². The Balaban J connectivity index is 0.00000243. The third kappa shape index (κ3) is 4.86. The maximum Gasteiger partial charge on any atom is 0.193 e. The number of hydrogen-bond donors (Lipinski definition) is 1. The van der Waals surface area contributed by atoms with Gasteiger partial charge in [-0.3, -0.25) is 4.99 Å². The lowest BCUT2D eigenvalue weighted by molar-refractivity contribution is 0.156. The first-order valence-electron chi connectivity index (χ1n) is 8.98. The standard InChI is InChI=1S/C19H29FN4O.HI/c1-21-18(24-9-7-19(13-24)8-10-25-14-19)22-12-17(23(2)3)15-5-4-6-16(20)11-15;/h4-6,11,17H,7-10,12-14H2,1-3H3,(H,21,22);1H. The number of rotatable bonds is 4. The van der Waals surface area contributed by atoms with E-state index in [-0.39, 0.29) is 35.8 Å². The summed E-state index contributed by atoms with van der Waals surface area (Å²) in [7, 11) is 5.85. The predicted octanol–water partition coefficient (Wildman–Crippen LogP) is 2.73. The van der Waals surface area contributed by atoms with Crippen molar-refractivity contribution in [2.24, 2.45) is 10.4 Å². The first kappa shape index (κ1) is 21.4. The minimum atomic E-state index is -0.198. The minimum Gasteiger partial charge on any atom is -0.381 e. The fourth-order valence-corrected chi connectivity index (χ4v) is 3.92. The van der Waals surface area contributed by atoms with Crippen LogP contribution < -0.4 is 5.32 Å². The Hall–Kier alpha value is -0.930. The molecule has 0 radical (unpaired) electrons. The van der Waals surface area contributed by atoms with Crippen molar-refractivity contribution in [2.45, 2.75) is 18.9 Å². The molecule has 2 fully saturated rings. The molecule has 2 aliphatic rings. The van der Waals surface area contributed by atoms with E-state index in [1.54, 1.807) is 12.1 Å². The van der Waals surface area contributed by atoms with E-state index < -0.39 is 0 Å². The highest BCUT2D eigenvalue weighted by atomic mass is 127. The highest BCUT2D eigenvalue weighted by Gasteiger charge is 2.42. The molecule has 0 bridgehead atoms. The average molecular weight is 476 g/mol. The lowest BCUT2D eigenvalue weighted by Crippen LogP contribution is -2.44. The lowest BCUT2D eigenvalue weighted by atomic mass is 9.87. The van der Waals surface area contributed by atoms with Gasteiger partial charge < -0.3 is 19.9 Å². The van der Waals surface area contributed by atoms with Crippen molar-refractivity contribution in [3.05, 3.63) is 35.6 Å². The molecule has 5 nitrogen and oxygen atoms in total. The molecule has 146 valence electrons. The zero-order chi connectivity index (χ0) is 17.9. The van der Waals surface area contributed by atoms with Crippen LogP contribution in [0, 0.1) is 11.2 Å². The maximum atomic E-state index is 13.6. The van der Waals surface area contributed by atoms with Crippen LogP contribution in [0.25, 0.3) is 0 Å². The van der Waals surface area contributed by atoms with Gasteiger partial charge in [0.15, 0.2) is 5.96 Å². The first-order chi connectivity index (χ1) is 12.0. The van der Waals surface area contributed by atoms with Crippen LogP contribution in [0.2, 0.25) is 0 Å². The summed E-state index contributed by atoms with van der Waals surface area (Å²) in [5.74, 6) is 0.725. The summed E-state index contributed by atoms with van der Waals surface area (Å²) in [5.41, 5.74) is 1.27. The molecular formula is C19H30FIN4O. The van der Waals surface area contributed by atoms with Gasteiger partial charge in [0.05, 0.1) is 12.6 Å². The first-order valence-corrected chi connectivity index (χ1v) is 8.98. The Morgan fingerprint density at radius 2 is 2.23 bits per heavy atom. The number of guanidine groups is 1. The van der Waals surface area contributed by atoms with Crippen molar-refractivity contribution in [3.8, 4) is 0 Å². The number of likely N-dealkylation sites (N-methyl/N-ethyl adjacent to an activating group) is 1. The van der Waals surface area contributed by atoms with E-state index in [9.17, 15) is 4.39 Å². The van der Waals surface area contributed by atoms with Crippen molar-refractivity contribution in [1.82, 2.24) is 15.1 Å². The maximum absolute atomic E-state index is 13.6. The molecule has 2 unspecified atom stereocenters. The number of ether oxygens (including phenoxy) is 1. The van der Waals surface area contributed by atoms with Crippen molar-refractivity contribution in [1.29, 1.82) is 0 Å². The number of halogens is 2. The Kier molecular flexibility index (Phi) is 7.66. The summed E-state index contributed by atoms with van der Waals surface area (Å²) in [6, 6.07) is 6.91. The van der Waals surface area contributed by atoms with Gasteiger partial charge in [-0.15, -0.1) is 24.0 Å². The third-order valence-electron chi connectivity index (χ3n) is 5.44. The van der Waals surface area contributed by atoms with E-state index in [0.717, 1.165) is 50.7 Å². The summed E-state index contributed by atoms with van der Waals surface area (Å²) in [5, 5.41) is 3.49. The van der Waals surface area contributed by atoms with Gasteiger partial charge in [0.25, 0.3) is 0 Å². The number of nitrogens with one attached hydrogen (secondary N) is 1. The van der Waals surface area contributed by atoms with E-state index in [1.165, 1.54) is 6.07 Å². The van der Waals surface area contributed by atoms with Crippen LogP contribution in [0.1, 0.15) is 24.4 Å². The fourth-order valence-electron chi connectivity index (χ4n) is 3.92. The van der Waals surface area contributed by atoms with Crippen LogP contribution in [0.5, 0.6) is 0 Å². The van der Waals surface area contributed by atoms with E-state index in [4.69, 9.17) is 4.74 Å². The summed E-state index contributed by atoms with van der Waals surface area (Å²) in [4.78, 5) is 8.89. The van der Waals surface area contributed by atoms with Crippen molar-refractivity contribution < 1.29 is 9.13 Å². The van der Waals surface area contributed by atoms with Crippen LogP contribution in [0.3, 0.4) is 0 Å². The normalized spacial score (nSPS) is 24.2. The average Bonchev–Trinajstić information content (AvgIpc) is 3.22. The Labute approximate surface area is 173 Å². The third-order valence-corrected chi connectivity index (χ3v) is 5.44. The second kappa shape index (κ2) is 9.32. The van der Waals surface area contributed by atoms with E-state index in [2.05, 4.69) is 20.1 Å². The van der Waals surface area contributed by atoms with Gasteiger partial charge in [0.1, 0.15) is 5.82 Å². The van der Waals surface area contributed by atoms with Gasteiger partial charge >= 0.3 is 0 Å². The molecule has 3 rings (SSSR count). The number of nitrogens with zero attached hydrogens (tertiary/aromatic N) is 3. The van der Waals surface area contributed by atoms with Crippen LogP contribution in [-0.4, -0.2) is 69.8 Å². The molecule has 26 heavy (non-hydrogen) atoms. The number of benzene rings is 1. The highest BCUT2D eigenvalue weighted by molar-refractivity contribution is 14.0. The Morgan fingerprint density at radius 1 is 1.42 bits per heavy atom. The summed E-state index contributed by atoms with van der Waals surface area (Å²) < 4.78 is 19.2. The molecular weight excluding hydrogens is 446 g/mol.